The van der Waals surface area contributed by atoms with Gasteiger partial charge in [0.2, 0.25) is 6.79 Å². The van der Waals surface area contributed by atoms with Crippen LogP contribution in [0.25, 0.3) is 22.4 Å². The normalized spacial score (nSPS) is 11.8. The molecule has 3 aromatic rings. The Morgan fingerprint density at radius 1 is 1.15 bits per heavy atom. The van der Waals surface area contributed by atoms with Crippen LogP contribution in [0.3, 0.4) is 0 Å². The Hall–Kier alpha value is -4.19. The van der Waals surface area contributed by atoms with Crippen LogP contribution in [0.15, 0.2) is 42.7 Å². The van der Waals surface area contributed by atoms with Crippen molar-refractivity contribution in [2.75, 3.05) is 12.5 Å². The van der Waals surface area contributed by atoms with E-state index in [0.717, 1.165) is 0 Å². The number of nitro groups is 1. The van der Waals surface area contributed by atoms with E-state index in [1.165, 1.54) is 12.1 Å². The van der Waals surface area contributed by atoms with Crippen molar-refractivity contribution in [2.45, 2.75) is 0 Å². The third-order valence-corrected chi connectivity index (χ3v) is 4.11. The molecule has 0 saturated carbocycles. The second-order valence-corrected chi connectivity index (χ2v) is 5.64. The van der Waals surface area contributed by atoms with E-state index in [-0.39, 0.29) is 35.2 Å². The van der Waals surface area contributed by atoms with Gasteiger partial charge in [0.15, 0.2) is 11.5 Å². The maximum Gasteiger partial charge on any atom is 0.281 e. The van der Waals surface area contributed by atoms with E-state index in [9.17, 15) is 15.4 Å². The van der Waals surface area contributed by atoms with E-state index in [1.54, 1.807) is 30.6 Å². The van der Waals surface area contributed by atoms with Crippen molar-refractivity contribution < 1.29 is 14.4 Å². The Morgan fingerprint density at radius 2 is 1.85 bits per heavy atom. The number of anilines is 1. The fourth-order valence-corrected chi connectivity index (χ4v) is 2.86. The highest BCUT2D eigenvalue weighted by Crippen LogP contribution is 2.44. The number of ether oxygens (including phenoxy) is 2. The summed E-state index contributed by atoms with van der Waals surface area (Å²) in [6.07, 6.45) is 3.18. The van der Waals surface area contributed by atoms with Gasteiger partial charge in [-0.15, -0.1) is 0 Å². The third kappa shape index (κ3) is 2.75. The first kappa shape index (κ1) is 16.3. The summed E-state index contributed by atoms with van der Waals surface area (Å²) in [4.78, 5) is 19.3. The van der Waals surface area contributed by atoms with E-state index in [4.69, 9.17) is 15.2 Å². The highest BCUT2D eigenvalue weighted by molar-refractivity contribution is 5.86. The lowest BCUT2D eigenvalue weighted by atomic mass is 9.97. The molecule has 0 amide bonds. The Balaban J connectivity index is 2.00. The van der Waals surface area contributed by atoms with Crippen LogP contribution in [0.1, 0.15) is 5.56 Å². The van der Waals surface area contributed by atoms with E-state index in [0.29, 0.717) is 22.6 Å². The van der Waals surface area contributed by atoms with Crippen molar-refractivity contribution in [3.8, 4) is 40.0 Å². The van der Waals surface area contributed by atoms with Crippen LogP contribution in [0, 0.1) is 21.4 Å². The molecule has 1 aliphatic rings. The molecule has 3 heterocycles. The Morgan fingerprint density at radius 3 is 2.52 bits per heavy atom. The number of fused-ring (bicyclic) bond motifs is 1. The zero-order valence-electron chi connectivity index (χ0n) is 13.7. The van der Waals surface area contributed by atoms with Crippen LogP contribution in [-0.2, 0) is 0 Å². The Kier molecular flexibility index (Phi) is 3.78. The summed E-state index contributed by atoms with van der Waals surface area (Å²) < 4.78 is 10.5. The summed E-state index contributed by atoms with van der Waals surface area (Å²) in [7, 11) is 0. The summed E-state index contributed by atoms with van der Waals surface area (Å²) >= 11 is 0. The Bertz CT molecular complexity index is 1110. The molecular formula is C18H11N5O4. The number of rotatable bonds is 3. The van der Waals surface area contributed by atoms with E-state index >= 15 is 0 Å². The average Bonchev–Trinajstić information content (AvgIpc) is 3.14. The number of nitrogen functional groups attached to an aromatic ring is 1. The van der Waals surface area contributed by atoms with Crippen molar-refractivity contribution in [3.05, 3.63) is 58.4 Å². The van der Waals surface area contributed by atoms with Crippen molar-refractivity contribution >= 4 is 11.5 Å². The first-order valence-electron chi connectivity index (χ1n) is 7.78. The summed E-state index contributed by atoms with van der Waals surface area (Å²) in [6, 6.07) is 9.79. The molecule has 0 radical (unpaired) electrons. The topological polar surface area (TPSA) is 137 Å². The molecule has 9 nitrogen and oxygen atoms in total. The number of nitro benzene ring substituents is 1. The molecule has 4 rings (SSSR count). The molecule has 0 saturated heterocycles. The molecule has 0 bridgehead atoms. The Labute approximate surface area is 152 Å². The molecule has 132 valence electrons. The smallest absolute Gasteiger partial charge is 0.281 e. The molecule has 0 spiro atoms. The number of aromatic nitrogens is 2. The van der Waals surface area contributed by atoms with Crippen molar-refractivity contribution in [3.63, 3.8) is 0 Å². The first-order valence-corrected chi connectivity index (χ1v) is 7.78. The standard InChI is InChI=1S/C18H11N5O4/c19-8-13-11(5-14(22-18(13)20)10-1-3-21-4-2-10)12-6-16-17(27-9-26-16)7-15(12)23(24)25/h1-7H,9H2,(H2,20,22). The molecule has 9 heteroatoms. The predicted octanol–water partition coefficient (Wildman–Crippen LogP) is 2.90. The highest BCUT2D eigenvalue weighted by atomic mass is 16.7. The minimum Gasteiger partial charge on any atom is -0.454 e. The number of hydrogen-bond donors (Lipinski definition) is 1. The number of benzene rings is 1. The lowest BCUT2D eigenvalue weighted by molar-refractivity contribution is -0.384. The molecule has 1 aliphatic heterocycles. The van der Waals surface area contributed by atoms with Crippen molar-refractivity contribution in [1.29, 1.82) is 5.26 Å². The summed E-state index contributed by atoms with van der Waals surface area (Å²) in [5.74, 6) is 0.620. The van der Waals surface area contributed by atoms with E-state index < -0.39 is 4.92 Å². The number of nitrogens with zero attached hydrogens (tertiary/aromatic N) is 4. The quantitative estimate of drug-likeness (QED) is 0.555. The minimum atomic E-state index is -0.540. The maximum atomic E-state index is 11.6. The number of hydrogen-bond acceptors (Lipinski definition) is 8. The van der Waals surface area contributed by atoms with Crippen LogP contribution >= 0.6 is 0 Å². The summed E-state index contributed by atoms with van der Waals surface area (Å²) in [5.41, 5.74) is 7.48. The van der Waals surface area contributed by atoms with Gasteiger partial charge in [-0.05, 0) is 24.3 Å². The molecule has 2 N–H and O–H groups in total. The lowest BCUT2D eigenvalue weighted by Crippen LogP contribution is -2.01. The fourth-order valence-electron chi connectivity index (χ4n) is 2.86. The van der Waals surface area contributed by atoms with Crippen LogP contribution in [0.4, 0.5) is 11.5 Å². The number of nitrogens with two attached hydrogens (primary N) is 1. The lowest BCUT2D eigenvalue weighted by Gasteiger charge is -2.11. The van der Waals surface area contributed by atoms with Gasteiger partial charge in [0.1, 0.15) is 17.5 Å². The van der Waals surface area contributed by atoms with Gasteiger partial charge in [0, 0.05) is 23.5 Å². The first-order chi connectivity index (χ1) is 13.1. The predicted molar refractivity (Wildman–Crippen MR) is 94.8 cm³/mol. The molecule has 0 aliphatic carbocycles. The molecule has 2 aromatic heterocycles. The van der Waals surface area contributed by atoms with E-state index in [2.05, 4.69) is 9.97 Å². The number of pyridine rings is 2. The van der Waals surface area contributed by atoms with Gasteiger partial charge in [-0.2, -0.15) is 5.26 Å². The van der Waals surface area contributed by atoms with Gasteiger partial charge in [-0.3, -0.25) is 15.1 Å². The largest absolute Gasteiger partial charge is 0.454 e. The molecule has 1 aromatic carbocycles. The minimum absolute atomic E-state index is 0.0197. The summed E-state index contributed by atoms with van der Waals surface area (Å²) in [5, 5.41) is 21.1. The van der Waals surface area contributed by atoms with Crippen LogP contribution in [0.5, 0.6) is 11.5 Å². The second-order valence-electron chi connectivity index (χ2n) is 5.64. The second kappa shape index (κ2) is 6.27. The number of nitriles is 1. The third-order valence-electron chi connectivity index (χ3n) is 4.11. The van der Waals surface area contributed by atoms with Gasteiger partial charge in [-0.25, -0.2) is 4.98 Å². The van der Waals surface area contributed by atoms with Crippen molar-refractivity contribution in [1.82, 2.24) is 9.97 Å². The van der Waals surface area contributed by atoms with Crippen LogP contribution < -0.4 is 15.2 Å². The SMILES string of the molecule is N#Cc1c(-c2cc3c(cc2[N+](=O)[O-])OCO3)cc(-c2ccncc2)nc1N. The summed E-state index contributed by atoms with van der Waals surface area (Å²) in [6.45, 7) is -0.0260. The van der Waals surface area contributed by atoms with Crippen LogP contribution in [-0.4, -0.2) is 21.7 Å². The highest BCUT2D eigenvalue weighted by Gasteiger charge is 2.27. The fraction of sp³-hybridized carbons (Fsp3) is 0.0556. The van der Waals surface area contributed by atoms with Gasteiger partial charge in [-0.1, -0.05) is 0 Å². The van der Waals surface area contributed by atoms with Crippen LogP contribution in [0.2, 0.25) is 0 Å². The zero-order valence-corrected chi connectivity index (χ0v) is 13.7. The van der Waals surface area contributed by atoms with Gasteiger partial charge in [0.25, 0.3) is 5.69 Å². The molecule has 0 fully saturated rings. The average molecular weight is 361 g/mol. The molecule has 0 atom stereocenters. The van der Waals surface area contributed by atoms with E-state index in [1.807, 2.05) is 6.07 Å². The molecule has 0 unspecified atom stereocenters. The van der Waals surface area contributed by atoms with Gasteiger partial charge in [0.05, 0.1) is 22.2 Å². The van der Waals surface area contributed by atoms with Crippen molar-refractivity contribution in [2.24, 2.45) is 0 Å². The molecular weight excluding hydrogens is 350 g/mol. The zero-order chi connectivity index (χ0) is 19.0. The van der Waals surface area contributed by atoms with Gasteiger partial charge < -0.3 is 15.2 Å². The molecule has 27 heavy (non-hydrogen) atoms. The maximum absolute atomic E-state index is 11.6. The monoisotopic (exact) mass is 361 g/mol. The van der Waals surface area contributed by atoms with Gasteiger partial charge >= 0.3 is 0 Å².